The molecule has 0 aromatic heterocycles. The van der Waals surface area contributed by atoms with Gasteiger partial charge < -0.3 is 10.2 Å². The van der Waals surface area contributed by atoms with Gasteiger partial charge in [-0.2, -0.15) is 0 Å². The molecule has 0 radical (unpaired) electrons. The van der Waals surface area contributed by atoms with Crippen LogP contribution < -0.4 is 0 Å². The molecule has 0 aromatic rings. The second-order valence-electron chi connectivity index (χ2n) is 12.0. The molecular weight excluding hydrogens is 372 g/mol. The van der Waals surface area contributed by atoms with Crippen molar-refractivity contribution in [1.82, 2.24) is 0 Å². The third-order valence-electron chi connectivity index (χ3n) is 10.6. The van der Waals surface area contributed by atoms with Crippen molar-refractivity contribution in [3.05, 3.63) is 0 Å². The summed E-state index contributed by atoms with van der Waals surface area (Å²) in [5.41, 5.74) is 0.492. The molecule has 3 nitrogen and oxygen atoms in total. The van der Waals surface area contributed by atoms with E-state index in [2.05, 4.69) is 13.8 Å². The standard InChI is InChI=1S/C27H46O3/c1-26-14-12-21(29)18-20(26)17-19(9-7-5-3-4-6-8-16-28)25-22-10-11-24(30)27(22,2)15-13-23(25)26/h19-20,22-25,28,30H,3-18H2,1-2H3/t19-,20+,22+,23+,24+,25+,26+,27+/m1/s1. The molecule has 4 aliphatic carbocycles. The van der Waals surface area contributed by atoms with Crippen LogP contribution in [-0.4, -0.2) is 28.7 Å². The molecule has 4 saturated carbocycles. The predicted octanol–water partition coefficient (Wildman–Crippen LogP) is 5.91. The number of aliphatic hydroxyl groups is 2. The zero-order valence-electron chi connectivity index (χ0n) is 19.6. The lowest BCUT2D eigenvalue weighted by atomic mass is 9.42. The number of aliphatic hydroxyl groups excluding tert-OH is 2. The van der Waals surface area contributed by atoms with Crippen LogP contribution in [0, 0.1) is 40.4 Å². The van der Waals surface area contributed by atoms with Gasteiger partial charge in [0.05, 0.1) is 6.10 Å². The molecule has 4 rings (SSSR count). The third kappa shape index (κ3) is 4.03. The van der Waals surface area contributed by atoms with Gasteiger partial charge in [-0.1, -0.05) is 52.4 Å². The van der Waals surface area contributed by atoms with Crippen LogP contribution in [0.5, 0.6) is 0 Å². The van der Waals surface area contributed by atoms with Crippen molar-refractivity contribution in [3.8, 4) is 0 Å². The second-order valence-corrected chi connectivity index (χ2v) is 12.0. The van der Waals surface area contributed by atoms with Crippen molar-refractivity contribution in [2.45, 2.75) is 116 Å². The summed E-state index contributed by atoms with van der Waals surface area (Å²) >= 11 is 0. The van der Waals surface area contributed by atoms with E-state index in [9.17, 15) is 9.90 Å². The maximum absolute atomic E-state index is 12.3. The van der Waals surface area contributed by atoms with Crippen LogP contribution in [0.3, 0.4) is 0 Å². The monoisotopic (exact) mass is 418 g/mol. The highest BCUT2D eigenvalue weighted by Gasteiger charge is 2.62. The summed E-state index contributed by atoms with van der Waals surface area (Å²) in [5, 5.41) is 19.8. The van der Waals surface area contributed by atoms with E-state index < -0.39 is 0 Å². The first-order chi connectivity index (χ1) is 14.4. The fourth-order valence-electron chi connectivity index (χ4n) is 8.72. The zero-order chi connectivity index (χ0) is 21.4. The highest BCUT2D eigenvalue weighted by atomic mass is 16.3. The molecule has 172 valence electrons. The first-order valence-electron chi connectivity index (χ1n) is 13.2. The minimum absolute atomic E-state index is 0.103. The highest BCUT2D eigenvalue weighted by Crippen LogP contribution is 2.67. The van der Waals surface area contributed by atoms with Crippen LogP contribution in [0.15, 0.2) is 0 Å². The van der Waals surface area contributed by atoms with E-state index in [0.717, 1.165) is 56.3 Å². The molecule has 0 unspecified atom stereocenters. The Kier molecular flexibility index (Phi) is 7.00. The SMILES string of the molecule is C[C@]12CCC(=O)C[C@@H]1C[C@@H](CCCCCCCCO)[C@@H]1[C@@H]2CC[C@]2(C)[C@@H](O)CC[C@@H]12. The molecule has 0 aromatic carbocycles. The van der Waals surface area contributed by atoms with E-state index in [1.807, 2.05) is 0 Å². The third-order valence-corrected chi connectivity index (χ3v) is 10.6. The van der Waals surface area contributed by atoms with Crippen LogP contribution in [0.4, 0.5) is 0 Å². The van der Waals surface area contributed by atoms with Crippen LogP contribution >= 0.6 is 0 Å². The summed E-state index contributed by atoms with van der Waals surface area (Å²) in [5.74, 6) is 4.09. The molecule has 0 amide bonds. The topological polar surface area (TPSA) is 57.5 Å². The van der Waals surface area contributed by atoms with E-state index in [4.69, 9.17) is 5.11 Å². The van der Waals surface area contributed by atoms with E-state index in [0.29, 0.717) is 29.6 Å². The Morgan fingerprint density at radius 1 is 0.900 bits per heavy atom. The molecule has 8 atom stereocenters. The lowest BCUT2D eigenvalue weighted by Gasteiger charge is -2.62. The molecular formula is C27H46O3. The van der Waals surface area contributed by atoms with Gasteiger partial charge in [0, 0.05) is 19.4 Å². The quantitative estimate of drug-likeness (QED) is 0.482. The molecule has 0 saturated heterocycles. The summed E-state index contributed by atoms with van der Waals surface area (Å²) in [6.45, 7) is 5.26. The summed E-state index contributed by atoms with van der Waals surface area (Å²) in [7, 11) is 0. The van der Waals surface area contributed by atoms with Gasteiger partial charge in [0.1, 0.15) is 5.78 Å². The normalized spacial score (nSPS) is 45.7. The first kappa shape index (κ1) is 22.8. The number of carbonyl (C=O) groups excluding carboxylic acids is 1. The minimum atomic E-state index is -0.103. The van der Waals surface area contributed by atoms with Crippen molar-refractivity contribution >= 4 is 5.78 Å². The van der Waals surface area contributed by atoms with Crippen molar-refractivity contribution in [1.29, 1.82) is 0 Å². The summed E-state index contributed by atoms with van der Waals surface area (Å²) in [6, 6.07) is 0. The second kappa shape index (κ2) is 9.22. The highest BCUT2D eigenvalue weighted by molar-refractivity contribution is 5.79. The molecule has 0 aliphatic heterocycles. The Labute approximate surface area is 184 Å². The van der Waals surface area contributed by atoms with Gasteiger partial charge in [-0.15, -0.1) is 0 Å². The maximum atomic E-state index is 12.3. The van der Waals surface area contributed by atoms with Crippen LogP contribution in [0.2, 0.25) is 0 Å². The number of hydrogen-bond acceptors (Lipinski definition) is 3. The van der Waals surface area contributed by atoms with Crippen molar-refractivity contribution in [3.63, 3.8) is 0 Å². The summed E-state index contributed by atoms with van der Waals surface area (Å²) in [4.78, 5) is 12.3. The maximum Gasteiger partial charge on any atom is 0.133 e. The van der Waals surface area contributed by atoms with Crippen molar-refractivity contribution < 1.29 is 15.0 Å². The molecule has 30 heavy (non-hydrogen) atoms. The Hall–Kier alpha value is -0.410. The number of hydrogen-bond donors (Lipinski definition) is 2. The molecule has 0 heterocycles. The smallest absolute Gasteiger partial charge is 0.133 e. The van der Waals surface area contributed by atoms with Gasteiger partial charge in [0.25, 0.3) is 0 Å². The molecule has 2 N–H and O–H groups in total. The number of carbonyl (C=O) groups is 1. The Morgan fingerprint density at radius 2 is 1.60 bits per heavy atom. The van der Waals surface area contributed by atoms with Crippen molar-refractivity contribution in [2.75, 3.05) is 6.61 Å². The van der Waals surface area contributed by atoms with E-state index in [1.54, 1.807) is 0 Å². The minimum Gasteiger partial charge on any atom is -0.396 e. The number of rotatable bonds is 8. The van der Waals surface area contributed by atoms with Gasteiger partial charge in [0.2, 0.25) is 0 Å². The molecule has 0 spiro atoms. The van der Waals surface area contributed by atoms with Crippen LogP contribution in [-0.2, 0) is 4.79 Å². The largest absolute Gasteiger partial charge is 0.396 e. The van der Waals surface area contributed by atoms with Gasteiger partial charge >= 0.3 is 0 Å². The predicted molar refractivity (Wildman–Crippen MR) is 121 cm³/mol. The molecule has 4 aliphatic rings. The van der Waals surface area contributed by atoms with Gasteiger partial charge in [0.15, 0.2) is 0 Å². The Bertz CT molecular complexity index is 603. The molecule has 0 bridgehead atoms. The van der Waals surface area contributed by atoms with Gasteiger partial charge in [-0.3, -0.25) is 4.79 Å². The summed E-state index contributed by atoms with van der Waals surface area (Å²) in [6.07, 6.45) is 17.2. The van der Waals surface area contributed by atoms with Crippen molar-refractivity contribution in [2.24, 2.45) is 40.4 Å². The number of ketones is 1. The first-order valence-corrected chi connectivity index (χ1v) is 13.2. The number of Topliss-reactive ketones (excluding diaryl/α,β-unsaturated/α-hetero) is 1. The van der Waals surface area contributed by atoms with E-state index in [-0.39, 0.29) is 11.5 Å². The number of unbranched alkanes of at least 4 members (excludes halogenated alkanes) is 5. The van der Waals surface area contributed by atoms with Crippen LogP contribution in [0.25, 0.3) is 0 Å². The van der Waals surface area contributed by atoms with Gasteiger partial charge in [-0.25, -0.2) is 0 Å². The van der Waals surface area contributed by atoms with E-state index >= 15 is 0 Å². The molecule has 3 heteroatoms. The van der Waals surface area contributed by atoms with Crippen LogP contribution in [0.1, 0.15) is 110 Å². The summed E-state index contributed by atoms with van der Waals surface area (Å²) < 4.78 is 0. The number of fused-ring (bicyclic) bond motifs is 5. The zero-order valence-corrected chi connectivity index (χ0v) is 19.6. The average molecular weight is 419 g/mol. The Morgan fingerprint density at radius 3 is 2.37 bits per heavy atom. The van der Waals surface area contributed by atoms with E-state index in [1.165, 1.54) is 57.8 Å². The fraction of sp³-hybridized carbons (Fsp3) is 0.963. The lowest BCUT2D eigenvalue weighted by Crippen LogP contribution is -2.57. The molecule has 4 fully saturated rings. The lowest BCUT2D eigenvalue weighted by molar-refractivity contribution is -0.156. The van der Waals surface area contributed by atoms with Gasteiger partial charge in [-0.05, 0) is 85.4 Å². The average Bonchev–Trinajstić information content (AvgIpc) is 3.03. The Balaban J connectivity index is 1.47. The fourth-order valence-corrected chi connectivity index (χ4v) is 8.72.